The van der Waals surface area contributed by atoms with Crippen LogP contribution in [0.5, 0.6) is 0 Å². The minimum absolute atomic E-state index is 0.312. The Labute approximate surface area is 72.4 Å². The fourth-order valence-corrected chi connectivity index (χ4v) is 1.71. The minimum atomic E-state index is 0.312. The predicted molar refractivity (Wildman–Crippen MR) is 48.0 cm³/mol. The molecule has 1 nitrogen and oxygen atoms in total. The highest BCUT2D eigenvalue weighted by Gasteiger charge is 2.41. The monoisotopic (exact) mass is 160 g/mol. The third-order valence-electron chi connectivity index (χ3n) is 2.54. The van der Waals surface area contributed by atoms with Gasteiger partial charge in [-0.2, -0.15) is 0 Å². The molecule has 1 aromatic carbocycles. The molecule has 0 bridgehead atoms. The van der Waals surface area contributed by atoms with Crippen molar-refractivity contribution >= 4 is 5.78 Å². The van der Waals surface area contributed by atoms with Crippen LogP contribution < -0.4 is 0 Å². The summed E-state index contributed by atoms with van der Waals surface area (Å²) < 4.78 is 0. The maximum Gasteiger partial charge on any atom is 0.133 e. The van der Waals surface area contributed by atoms with Crippen LogP contribution in [-0.2, 0) is 4.79 Å². The molecule has 62 valence electrons. The van der Waals surface area contributed by atoms with Crippen molar-refractivity contribution in [2.45, 2.75) is 19.3 Å². The molecule has 1 heteroatoms. The molecule has 1 unspecified atom stereocenters. The average molecular weight is 160 g/mol. The Bertz CT molecular complexity index is 289. The van der Waals surface area contributed by atoms with Crippen LogP contribution in [0.1, 0.15) is 24.8 Å². The van der Waals surface area contributed by atoms with Crippen molar-refractivity contribution in [2.24, 2.45) is 5.92 Å². The Morgan fingerprint density at radius 2 is 2.00 bits per heavy atom. The number of rotatable bonds is 2. The SMILES string of the molecule is CC(=O)[C@H]1CC1c1ccccc1. The summed E-state index contributed by atoms with van der Waals surface area (Å²) in [5.74, 6) is 1.17. The molecule has 0 saturated heterocycles. The van der Waals surface area contributed by atoms with E-state index in [1.54, 1.807) is 6.92 Å². The lowest BCUT2D eigenvalue weighted by Gasteiger charge is -1.96. The smallest absolute Gasteiger partial charge is 0.133 e. The summed E-state index contributed by atoms with van der Waals surface area (Å²) in [6, 6.07) is 10.3. The van der Waals surface area contributed by atoms with E-state index < -0.39 is 0 Å². The van der Waals surface area contributed by atoms with Crippen LogP contribution in [0.15, 0.2) is 30.3 Å². The first-order chi connectivity index (χ1) is 5.79. The van der Waals surface area contributed by atoms with Gasteiger partial charge in [-0.3, -0.25) is 4.79 Å². The molecule has 2 rings (SSSR count). The van der Waals surface area contributed by atoms with E-state index in [1.807, 2.05) is 18.2 Å². The number of hydrogen-bond acceptors (Lipinski definition) is 1. The fraction of sp³-hybridized carbons (Fsp3) is 0.364. The molecule has 0 aromatic heterocycles. The molecule has 12 heavy (non-hydrogen) atoms. The summed E-state index contributed by atoms with van der Waals surface area (Å²) >= 11 is 0. The van der Waals surface area contributed by atoms with Gasteiger partial charge >= 0.3 is 0 Å². The number of ketones is 1. The van der Waals surface area contributed by atoms with Gasteiger partial charge in [0.05, 0.1) is 0 Å². The minimum Gasteiger partial charge on any atom is -0.300 e. The van der Waals surface area contributed by atoms with Gasteiger partial charge in [-0.15, -0.1) is 0 Å². The summed E-state index contributed by atoms with van der Waals surface area (Å²) in [6.07, 6.45) is 1.05. The molecular weight excluding hydrogens is 148 g/mol. The zero-order valence-electron chi connectivity index (χ0n) is 7.16. The van der Waals surface area contributed by atoms with Crippen molar-refractivity contribution in [3.8, 4) is 0 Å². The van der Waals surface area contributed by atoms with Crippen molar-refractivity contribution in [3.05, 3.63) is 35.9 Å². The molecule has 2 atom stereocenters. The molecule has 1 aromatic rings. The molecule has 1 saturated carbocycles. The number of benzene rings is 1. The molecular formula is C11H12O. The van der Waals surface area contributed by atoms with Crippen molar-refractivity contribution in [3.63, 3.8) is 0 Å². The van der Waals surface area contributed by atoms with Crippen molar-refractivity contribution in [2.75, 3.05) is 0 Å². The molecule has 1 aliphatic carbocycles. The Balaban J connectivity index is 2.11. The van der Waals surface area contributed by atoms with Crippen LogP contribution in [-0.4, -0.2) is 5.78 Å². The second-order valence-electron chi connectivity index (χ2n) is 3.47. The predicted octanol–water partition coefficient (Wildman–Crippen LogP) is 2.38. The highest BCUT2D eigenvalue weighted by Crippen LogP contribution is 2.47. The molecule has 0 N–H and O–H groups in total. The molecule has 0 heterocycles. The van der Waals surface area contributed by atoms with Crippen molar-refractivity contribution in [1.29, 1.82) is 0 Å². The van der Waals surface area contributed by atoms with Gasteiger partial charge in [0.25, 0.3) is 0 Å². The lowest BCUT2D eigenvalue weighted by molar-refractivity contribution is -0.118. The molecule has 0 amide bonds. The second-order valence-corrected chi connectivity index (χ2v) is 3.47. The Hall–Kier alpha value is -1.11. The van der Waals surface area contributed by atoms with Gasteiger partial charge in [0.1, 0.15) is 5.78 Å². The van der Waals surface area contributed by atoms with Gasteiger partial charge < -0.3 is 0 Å². The zero-order chi connectivity index (χ0) is 8.55. The van der Waals surface area contributed by atoms with E-state index in [1.165, 1.54) is 5.56 Å². The number of carbonyl (C=O) groups excluding carboxylic acids is 1. The van der Waals surface area contributed by atoms with E-state index in [2.05, 4.69) is 12.1 Å². The van der Waals surface area contributed by atoms with E-state index in [-0.39, 0.29) is 0 Å². The first-order valence-electron chi connectivity index (χ1n) is 4.34. The first-order valence-corrected chi connectivity index (χ1v) is 4.34. The summed E-state index contributed by atoms with van der Waals surface area (Å²) in [4.78, 5) is 11.0. The van der Waals surface area contributed by atoms with Crippen LogP contribution in [0.3, 0.4) is 0 Å². The van der Waals surface area contributed by atoms with Gasteiger partial charge in [-0.25, -0.2) is 0 Å². The fourth-order valence-electron chi connectivity index (χ4n) is 1.71. The summed E-state index contributed by atoms with van der Waals surface area (Å²) in [5.41, 5.74) is 1.32. The Morgan fingerprint density at radius 3 is 2.50 bits per heavy atom. The molecule has 0 aliphatic heterocycles. The quantitative estimate of drug-likeness (QED) is 0.649. The van der Waals surface area contributed by atoms with Crippen LogP contribution in [0.2, 0.25) is 0 Å². The third-order valence-corrected chi connectivity index (χ3v) is 2.54. The maximum atomic E-state index is 11.0. The van der Waals surface area contributed by atoms with Crippen molar-refractivity contribution in [1.82, 2.24) is 0 Å². The zero-order valence-corrected chi connectivity index (χ0v) is 7.16. The van der Waals surface area contributed by atoms with Crippen molar-refractivity contribution < 1.29 is 4.79 Å². The van der Waals surface area contributed by atoms with E-state index in [4.69, 9.17) is 0 Å². The van der Waals surface area contributed by atoms with Gasteiger partial charge in [0, 0.05) is 5.92 Å². The maximum absolute atomic E-state index is 11.0. The van der Waals surface area contributed by atoms with E-state index in [9.17, 15) is 4.79 Å². The molecule has 0 radical (unpaired) electrons. The van der Waals surface area contributed by atoms with Gasteiger partial charge in [-0.1, -0.05) is 30.3 Å². The lowest BCUT2D eigenvalue weighted by Crippen LogP contribution is -1.94. The van der Waals surface area contributed by atoms with E-state index in [0.29, 0.717) is 17.6 Å². The first kappa shape index (κ1) is 7.53. The van der Waals surface area contributed by atoms with Crippen LogP contribution in [0, 0.1) is 5.92 Å². The number of hydrogen-bond donors (Lipinski definition) is 0. The van der Waals surface area contributed by atoms with E-state index in [0.717, 1.165) is 6.42 Å². The van der Waals surface area contributed by atoms with Gasteiger partial charge in [0.15, 0.2) is 0 Å². The summed E-state index contributed by atoms with van der Waals surface area (Å²) in [6.45, 7) is 1.69. The largest absolute Gasteiger partial charge is 0.300 e. The molecule has 1 fully saturated rings. The van der Waals surface area contributed by atoms with E-state index >= 15 is 0 Å². The van der Waals surface area contributed by atoms with Crippen LogP contribution in [0.25, 0.3) is 0 Å². The van der Waals surface area contributed by atoms with Crippen LogP contribution in [0.4, 0.5) is 0 Å². The topological polar surface area (TPSA) is 17.1 Å². The Morgan fingerprint density at radius 1 is 1.33 bits per heavy atom. The van der Waals surface area contributed by atoms with Gasteiger partial charge in [0.2, 0.25) is 0 Å². The standard InChI is InChI=1S/C11H12O/c1-8(12)10-7-11(10)9-5-3-2-4-6-9/h2-6,10-11H,7H2,1H3/t10-,11?/m1/s1. The number of Topliss-reactive ketones (excluding diaryl/α,β-unsaturated/α-hetero) is 1. The summed E-state index contributed by atoms with van der Waals surface area (Å²) in [7, 11) is 0. The molecule has 0 spiro atoms. The highest BCUT2D eigenvalue weighted by atomic mass is 16.1. The second kappa shape index (κ2) is 2.74. The highest BCUT2D eigenvalue weighted by molar-refractivity contribution is 5.82. The lowest BCUT2D eigenvalue weighted by atomic mass is 10.1. The average Bonchev–Trinajstić information content (AvgIpc) is 2.84. The normalized spacial score (nSPS) is 26.8. The third kappa shape index (κ3) is 1.27. The van der Waals surface area contributed by atoms with Crippen LogP contribution >= 0.6 is 0 Å². The number of carbonyl (C=O) groups is 1. The Kier molecular flexibility index (Phi) is 1.72. The summed E-state index contributed by atoms with van der Waals surface area (Å²) in [5, 5.41) is 0. The van der Waals surface area contributed by atoms with Gasteiger partial charge in [-0.05, 0) is 24.8 Å². The molecule has 1 aliphatic rings.